The van der Waals surface area contributed by atoms with E-state index in [1.165, 1.54) is 6.07 Å². The maximum atomic E-state index is 14.2. The number of aryl methyl sites for hydroxylation is 2. The SMILES string of the molecule is Cc1ccc(C(=O)Cc2ccc(CN3CCN(C(=O)OC(C)(C)C)CC3)c(C(F)(F)F)c2)cc1C#Cc1cnc2cccnn12.Cc1ccc(C(=O)O)cc1C#Cc1cnc2cccnn12. The monoisotopic (exact) mass is 894 g/mol. The van der Waals surface area contributed by atoms with Gasteiger partial charge in [0.1, 0.15) is 17.0 Å². The molecule has 13 nitrogen and oxygen atoms in total. The number of amides is 1. The molecule has 1 aliphatic rings. The van der Waals surface area contributed by atoms with Crippen LogP contribution in [-0.4, -0.2) is 93.7 Å². The first-order chi connectivity index (χ1) is 31.4. The number of imidazole rings is 2. The number of carboxylic acids is 1. The Balaban J connectivity index is 0.000000256. The number of carbonyl (C=O) groups excluding carboxylic acids is 2. The average molecular weight is 895 g/mol. The fraction of sp³-hybridized carbons (Fsp3) is 0.260. The molecule has 66 heavy (non-hydrogen) atoms. The van der Waals surface area contributed by atoms with Gasteiger partial charge in [0.25, 0.3) is 0 Å². The van der Waals surface area contributed by atoms with Gasteiger partial charge in [-0.3, -0.25) is 9.69 Å². The number of rotatable bonds is 6. The minimum Gasteiger partial charge on any atom is -0.478 e. The number of alkyl halides is 3. The molecule has 0 unspecified atom stereocenters. The largest absolute Gasteiger partial charge is 0.478 e. The lowest BCUT2D eigenvalue weighted by Crippen LogP contribution is -2.49. The van der Waals surface area contributed by atoms with E-state index in [1.54, 1.807) is 114 Å². The third-order valence-electron chi connectivity index (χ3n) is 10.5. The molecular weight excluding hydrogens is 850 g/mol. The molecule has 16 heteroatoms. The first-order valence-corrected chi connectivity index (χ1v) is 20.9. The van der Waals surface area contributed by atoms with Gasteiger partial charge < -0.3 is 14.7 Å². The minimum atomic E-state index is -4.59. The molecule has 7 aromatic rings. The van der Waals surface area contributed by atoms with Crippen LogP contribution < -0.4 is 0 Å². The predicted molar refractivity (Wildman–Crippen MR) is 240 cm³/mol. The van der Waals surface area contributed by atoms with E-state index in [0.717, 1.165) is 22.8 Å². The smallest absolute Gasteiger partial charge is 0.416 e. The first-order valence-electron chi connectivity index (χ1n) is 20.9. The summed E-state index contributed by atoms with van der Waals surface area (Å²) in [5.74, 6) is 10.8. The lowest BCUT2D eigenvalue weighted by molar-refractivity contribution is -0.138. The number of carboxylic acid groups (broad SMARTS) is 1. The number of piperazine rings is 1. The van der Waals surface area contributed by atoms with Gasteiger partial charge in [-0.05, 0) is 117 Å². The average Bonchev–Trinajstić information content (AvgIpc) is 3.90. The summed E-state index contributed by atoms with van der Waals surface area (Å²) in [6.07, 6.45) is 1.35. The summed E-state index contributed by atoms with van der Waals surface area (Å²) in [5.41, 5.74) is 5.32. The number of aromatic carboxylic acids is 1. The zero-order valence-corrected chi connectivity index (χ0v) is 36.8. The van der Waals surface area contributed by atoms with Gasteiger partial charge in [-0.25, -0.2) is 28.6 Å². The number of carbonyl (C=O) groups is 3. The molecule has 1 fully saturated rings. The normalized spacial score (nSPS) is 12.9. The standard InChI is InChI=1S/C34H34F3N5O3.C16H11N3O2/c1-23-7-9-26(20-25(23)11-12-28-21-38-31-6-5-13-39-42(28)31)30(43)19-24-8-10-27(29(18-24)34(35,36)37)22-40-14-16-41(17-15-40)32(44)45-33(2,3)4;1-11-4-5-13(16(20)21)9-12(11)6-7-14-10-17-15-3-2-8-18-19(14)15/h5-10,13,18,20-21H,14-17,19,22H2,1-4H3;2-5,8-10H,1H3,(H,20,21). The molecule has 0 radical (unpaired) electrons. The minimum absolute atomic E-state index is 0.0766. The molecule has 336 valence electrons. The van der Waals surface area contributed by atoms with Gasteiger partial charge in [0.05, 0.1) is 23.5 Å². The highest BCUT2D eigenvalue weighted by atomic mass is 19.4. The van der Waals surface area contributed by atoms with Crippen LogP contribution in [0.15, 0.2) is 104 Å². The zero-order valence-electron chi connectivity index (χ0n) is 36.8. The first kappa shape index (κ1) is 46.2. The number of hydrogen-bond donors (Lipinski definition) is 1. The molecule has 0 atom stereocenters. The second-order valence-electron chi connectivity index (χ2n) is 16.6. The summed E-state index contributed by atoms with van der Waals surface area (Å²) in [5, 5.41) is 17.4. The Hall–Kier alpha value is -7.82. The summed E-state index contributed by atoms with van der Waals surface area (Å²) in [7, 11) is 0. The molecule has 1 N–H and O–H groups in total. The fourth-order valence-corrected chi connectivity index (χ4v) is 6.99. The van der Waals surface area contributed by atoms with Crippen molar-refractivity contribution < 1.29 is 37.4 Å². The number of aromatic nitrogens is 6. The number of nitrogens with zero attached hydrogens (tertiary/aromatic N) is 8. The summed E-state index contributed by atoms with van der Waals surface area (Å²) in [6.45, 7) is 10.8. The Kier molecular flexibility index (Phi) is 13.7. The van der Waals surface area contributed by atoms with Crippen LogP contribution in [0, 0.1) is 37.5 Å². The van der Waals surface area contributed by atoms with Crippen molar-refractivity contribution in [3.63, 3.8) is 0 Å². The van der Waals surface area contributed by atoms with Crippen LogP contribution in [0.5, 0.6) is 0 Å². The highest BCUT2D eigenvalue weighted by molar-refractivity contribution is 5.98. The topological polar surface area (TPSA) is 148 Å². The van der Waals surface area contributed by atoms with Crippen LogP contribution in [0.1, 0.15) is 91.8 Å². The molecule has 1 saturated heterocycles. The van der Waals surface area contributed by atoms with Gasteiger partial charge in [0.2, 0.25) is 0 Å². The Morgan fingerprint density at radius 2 is 1.26 bits per heavy atom. The molecule has 5 heterocycles. The highest BCUT2D eigenvalue weighted by Crippen LogP contribution is 2.34. The van der Waals surface area contributed by atoms with Crippen LogP contribution in [0.25, 0.3) is 11.3 Å². The second-order valence-corrected chi connectivity index (χ2v) is 16.6. The number of ketones is 1. The van der Waals surface area contributed by atoms with Gasteiger partial charge >= 0.3 is 18.2 Å². The van der Waals surface area contributed by atoms with E-state index in [9.17, 15) is 27.6 Å². The Labute approximate surface area is 378 Å². The number of hydrogen-bond acceptors (Lipinski definition) is 9. The van der Waals surface area contributed by atoms with Crippen molar-refractivity contribution in [1.29, 1.82) is 0 Å². The van der Waals surface area contributed by atoms with Crippen molar-refractivity contribution in [2.45, 2.75) is 59.4 Å². The van der Waals surface area contributed by atoms with E-state index < -0.39 is 29.4 Å². The quantitative estimate of drug-likeness (QED) is 0.128. The highest BCUT2D eigenvalue weighted by Gasteiger charge is 2.35. The van der Waals surface area contributed by atoms with E-state index in [-0.39, 0.29) is 35.4 Å². The van der Waals surface area contributed by atoms with Crippen molar-refractivity contribution >= 4 is 29.1 Å². The molecule has 0 saturated carbocycles. The number of ether oxygens (including phenoxy) is 1. The molecule has 4 aromatic heterocycles. The molecule has 0 aliphatic carbocycles. The van der Waals surface area contributed by atoms with E-state index >= 15 is 0 Å². The number of fused-ring (bicyclic) bond motifs is 2. The lowest BCUT2D eigenvalue weighted by atomic mass is 9.96. The van der Waals surface area contributed by atoms with Gasteiger partial charge in [-0.1, -0.05) is 42.2 Å². The van der Waals surface area contributed by atoms with E-state index in [1.807, 2.05) is 30.9 Å². The molecule has 3 aromatic carbocycles. The maximum Gasteiger partial charge on any atom is 0.416 e. The Morgan fingerprint density at radius 3 is 1.79 bits per heavy atom. The Morgan fingerprint density at radius 1 is 0.712 bits per heavy atom. The summed E-state index contributed by atoms with van der Waals surface area (Å²) >= 11 is 0. The Bertz CT molecular complexity index is 3080. The third-order valence-corrected chi connectivity index (χ3v) is 10.5. The van der Waals surface area contributed by atoms with Crippen LogP contribution in [0.4, 0.5) is 18.0 Å². The summed E-state index contributed by atoms with van der Waals surface area (Å²) in [4.78, 5) is 48.5. The van der Waals surface area contributed by atoms with Gasteiger partial charge in [0, 0.05) is 68.2 Å². The van der Waals surface area contributed by atoms with Crippen LogP contribution in [-0.2, 0) is 23.9 Å². The van der Waals surface area contributed by atoms with Crippen LogP contribution in [0.3, 0.4) is 0 Å². The van der Waals surface area contributed by atoms with E-state index in [2.05, 4.69) is 43.8 Å². The lowest BCUT2D eigenvalue weighted by Gasteiger charge is -2.36. The van der Waals surface area contributed by atoms with Gasteiger partial charge in [0.15, 0.2) is 17.1 Å². The van der Waals surface area contributed by atoms with Crippen LogP contribution in [0.2, 0.25) is 0 Å². The molecular formula is C50H45F3N8O5. The van der Waals surface area contributed by atoms with E-state index in [4.69, 9.17) is 9.84 Å². The number of benzene rings is 3. The predicted octanol–water partition coefficient (Wildman–Crippen LogP) is 8.07. The third kappa shape index (κ3) is 11.5. The second kappa shape index (κ2) is 19.5. The molecule has 8 rings (SSSR count). The van der Waals surface area contributed by atoms with Crippen LogP contribution >= 0.6 is 0 Å². The number of halogens is 3. The number of Topliss-reactive ketones (excluding diaryl/α,β-unsaturated/α-hetero) is 1. The maximum absolute atomic E-state index is 14.2. The van der Waals surface area contributed by atoms with Crippen molar-refractivity contribution in [3.05, 3.63) is 165 Å². The summed E-state index contributed by atoms with van der Waals surface area (Å²) < 4.78 is 51.2. The van der Waals surface area contributed by atoms with Gasteiger partial charge in [-0.2, -0.15) is 23.4 Å². The van der Waals surface area contributed by atoms with Crippen molar-refractivity contribution in [1.82, 2.24) is 39.0 Å². The van der Waals surface area contributed by atoms with Crippen molar-refractivity contribution in [3.8, 4) is 23.7 Å². The zero-order chi connectivity index (χ0) is 47.2. The molecule has 0 bridgehead atoms. The van der Waals surface area contributed by atoms with Crippen molar-refractivity contribution in [2.75, 3.05) is 26.2 Å². The van der Waals surface area contributed by atoms with Crippen molar-refractivity contribution in [2.24, 2.45) is 0 Å². The molecule has 0 spiro atoms. The van der Waals surface area contributed by atoms with Gasteiger partial charge in [-0.15, -0.1) is 0 Å². The van der Waals surface area contributed by atoms with E-state index in [0.29, 0.717) is 59.9 Å². The molecule has 1 amide bonds. The summed E-state index contributed by atoms with van der Waals surface area (Å²) in [6, 6.07) is 21.3. The fourth-order valence-electron chi connectivity index (χ4n) is 6.99. The molecule has 1 aliphatic heterocycles.